The zero-order chi connectivity index (χ0) is 18.0. The molecular weight excluding hydrogens is 344 g/mol. The molecule has 1 aliphatic rings. The lowest BCUT2D eigenvalue weighted by molar-refractivity contribution is -0.118. The van der Waals surface area contributed by atoms with Crippen LogP contribution < -0.4 is 19.5 Å². The normalized spacial score (nSPS) is 13.6. The summed E-state index contributed by atoms with van der Waals surface area (Å²) in [6, 6.07) is 10.9. The largest absolute Gasteiger partial charge is 0.491 e. The number of ether oxygens (including phenoxy) is 2. The number of benzene rings is 2. The summed E-state index contributed by atoms with van der Waals surface area (Å²) >= 11 is 0. The van der Waals surface area contributed by atoms with Crippen LogP contribution in [0.4, 0.5) is 11.4 Å². The van der Waals surface area contributed by atoms with Gasteiger partial charge in [-0.2, -0.15) is 0 Å². The summed E-state index contributed by atoms with van der Waals surface area (Å²) in [7, 11) is -3.74. The van der Waals surface area contributed by atoms with Crippen molar-refractivity contribution in [2.45, 2.75) is 24.8 Å². The highest BCUT2D eigenvalue weighted by Crippen LogP contribution is 2.31. The molecule has 132 valence electrons. The average molecular weight is 362 g/mol. The molecule has 1 amide bonds. The Morgan fingerprint density at radius 1 is 1.16 bits per heavy atom. The van der Waals surface area contributed by atoms with Crippen LogP contribution in [0.1, 0.15) is 13.8 Å². The molecule has 0 aliphatic carbocycles. The quantitative estimate of drug-likeness (QED) is 0.853. The number of carbonyl (C=O) groups excluding carboxylic acids is 1. The van der Waals surface area contributed by atoms with Crippen LogP contribution >= 0.6 is 0 Å². The summed E-state index contributed by atoms with van der Waals surface area (Å²) in [5.74, 6) is 0.775. The van der Waals surface area contributed by atoms with Crippen LogP contribution in [-0.4, -0.2) is 27.0 Å². The molecule has 7 nitrogen and oxygen atoms in total. The number of rotatable bonds is 5. The zero-order valence-corrected chi connectivity index (χ0v) is 14.6. The SMILES string of the molecule is CC(C)Oc1ccc(S(=O)(=O)Nc2ccc3c(c2)OCC(=O)N3)cc1. The van der Waals surface area contributed by atoms with Crippen LogP contribution in [0.2, 0.25) is 0 Å². The van der Waals surface area contributed by atoms with Gasteiger partial charge >= 0.3 is 0 Å². The third-order valence-electron chi connectivity index (χ3n) is 3.37. The van der Waals surface area contributed by atoms with Gasteiger partial charge in [0.1, 0.15) is 11.5 Å². The molecule has 0 bridgehead atoms. The summed E-state index contributed by atoms with van der Waals surface area (Å²) in [4.78, 5) is 11.4. The van der Waals surface area contributed by atoms with E-state index in [4.69, 9.17) is 9.47 Å². The lowest BCUT2D eigenvalue weighted by Gasteiger charge is -2.19. The highest BCUT2D eigenvalue weighted by atomic mass is 32.2. The number of amides is 1. The molecule has 0 aromatic heterocycles. The second kappa shape index (κ2) is 6.64. The van der Waals surface area contributed by atoms with Gasteiger partial charge in [0.05, 0.1) is 22.4 Å². The van der Waals surface area contributed by atoms with Crippen LogP contribution in [0.5, 0.6) is 11.5 Å². The van der Waals surface area contributed by atoms with Crippen molar-refractivity contribution in [1.29, 1.82) is 0 Å². The van der Waals surface area contributed by atoms with Crippen LogP contribution in [0, 0.1) is 0 Å². The Labute approximate surface area is 146 Å². The first kappa shape index (κ1) is 17.1. The van der Waals surface area contributed by atoms with E-state index in [2.05, 4.69) is 10.0 Å². The molecule has 0 saturated heterocycles. The van der Waals surface area contributed by atoms with Gasteiger partial charge < -0.3 is 14.8 Å². The molecule has 1 aliphatic heterocycles. The predicted octanol–water partition coefficient (Wildman–Crippen LogP) is 2.61. The molecule has 0 spiro atoms. The van der Waals surface area contributed by atoms with E-state index in [0.29, 0.717) is 22.9 Å². The number of fused-ring (bicyclic) bond motifs is 1. The number of hydrogen-bond donors (Lipinski definition) is 2. The van der Waals surface area contributed by atoms with Crippen LogP contribution in [0.25, 0.3) is 0 Å². The Balaban J connectivity index is 1.78. The fraction of sp³-hybridized carbons (Fsp3) is 0.235. The van der Waals surface area contributed by atoms with Crippen LogP contribution in [0.3, 0.4) is 0 Å². The minimum Gasteiger partial charge on any atom is -0.491 e. The Hall–Kier alpha value is -2.74. The van der Waals surface area contributed by atoms with E-state index < -0.39 is 10.0 Å². The number of anilines is 2. The summed E-state index contributed by atoms with van der Waals surface area (Å²) in [6.45, 7) is 3.69. The highest BCUT2D eigenvalue weighted by Gasteiger charge is 2.19. The van der Waals surface area contributed by atoms with Gasteiger partial charge in [-0.15, -0.1) is 0 Å². The van der Waals surface area contributed by atoms with Crippen molar-refractivity contribution in [3.8, 4) is 11.5 Å². The van der Waals surface area contributed by atoms with Gasteiger partial charge in [0.2, 0.25) is 0 Å². The maximum atomic E-state index is 12.5. The highest BCUT2D eigenvalue weighted by molar-refractivity contribution is 7.92. The molecule has 0 fully saturated rings. The molecule has 1 heterocycles. The molecule has 0 radical (unpaired) electrons. The minimum atomic E-state index is -3.74. The lowest BCUT2D eigenvalue weighted by atomic mass is 10.2. The van der Waals surface area contributed by atoms with E-state index in [1.54, 1.807) is 24.3 Å². The van der Waals surface area contributed by atoms with Crippen molar-refractivity contribution in [2.24, 2.45) is 0 Å². The minimum absolute atomic E-state index is 0.0107. The topological polar surface area (TPSA) is 93.7 Å². The Morgan fingerprint density at radius 2 is 1.88 bits per heavy atom. The predicted molar refractivity (Wildman–Crippen MR) is 93.6 cm³/mol. The Morgan fingerprint density at radius 3 is 2.56 bits per heavy atom. The van der Waals surface area contributed by atoms with Gasteiger partial charge in [-0.3, -0.25) is 9.52 Å². The number of nitrogens with one attached hydrogen (secondary N) is 2. The second-order valence-electron chi connectivity index (χ2n) is 5.79. The Kier molecular flexibility index (Phi) is 4.54. The molecule has 2 aromatic rings. The van der Waals surface area contributed by atoms with Crippen LogP contribution in [-0.2, 0) is 14.8 Å². The van der Waals surface area contributed by atoms with Crippen LogP contribution in [0.15, 0.2) is 47.4 Å². The van der Waals surface area contributed by atoms with Crippen molar-refractivity contribution in [2.75, 3.05) is 16.6 Å². The van der Waals surface area contributed by atoms with Crippen molar-refractivity contribution >= 4 is 27.3 Å². The van der Waals surface area contributed by atoms with E-state index in [9.17, 15) is 13.2 Å². The van der Waals surface area contributed by atoms with Gasteiger partial charge in [0.15, 0.2) is 6.61 Å². The molecule has 0 atom stereocenters. The summed E-state index contributed by atoms with van der Waals surface area (Å²) in [6.07, 6.45) is 0.0107. The van der Waals surface area contributed by atoms with E-state index >= 15 is 0 Å². The molecule has 25 heavy (non-hydrogen) atoms. The van der Waals surface area contributed by atoms with Crippen molar-refractivity contribution in [3.63, 3.8) is 0 Å². The van der Waals surface area contributed by atoms with Crippen molar-refractivity contribution < 1.29 is 22.7 Å². The molecule has 2 aromatic carbocycles. The molecule has 3 rings (SSSR count). The van der Waals surface area contributed by atoms with E-state index in [1.165, 1.54) is 18.2 Å². The number of hydrogen-bond acceptors (Lipinski definition) is 5. The molecule has 0 unspecified atom stereocenters. The number of carbonyl (C=O) groups is 1. The fourth-order valence-electron chi connectivity index (χ4n) is 2.32. The van der Waals surface area contributed by atoms with E-state index in [-0.39, 0.29) is 23.5 Å². The Bertz CT molecular complexity index is 892. The lowest BCUT2D eigenvalue weighted by Crippen LogP contribution is -2.25. The molecular formula is C17H18N2O5S. The van der Waals surface area contributed by atoms with Gasteiger partial charge in [-0.25, -0.2) is 8.42 Å². The second-order valence-corrected chi connectivity index (χ2v) is 7.47. The van der Waals surface area contributed by atoms with E-state index in [1.807, 2.05) is 13.8 Å². The molecule has 0 saturated carbocycles. The van der Waals surface area contributed by atoms with E-state index in [0.717, 1.165) is 0 Å². The maximum absolute atomic E-state index is 12.5. The van der Waals surface area contributed by atoms with Gasteiger partial charge in [0.25, 0.3) is 15.9 Å². The average Bonchev–Trinajstić information content (AvgIpc) is 2.54. The van der Waals surface area contributed by atoms with Crippen molar-refractivity contribution in [1.82, 2.24) is 0 Å². The fourth-order valence-corrected chi connectivity index (χ4v) is 3.37. The monoisotopic (exact) mass is 362 g/mol. The summed E-state index contributed by atoms with van der Waals surface area (Å²) < 4.78 is 38.3. The zero-order valence-electron chi connectivity index (χ0n) is 13.8. The van der Waals surface area contributed by atoms with Gasteiger partial charge in [-0.1, -0.05) is 0 Å². The molecule has 2 N–H and O–H groups in total. The van der Waals surface area contributed by atoms with Gasteiger partial charge in [0, 0.05) is 6.07 Å². The first-order chi connectivity index (χ1) is 11.8. The van der Waals surface area contributed by atoms with Gasteiger partial charge in [-0.05, 0) is 50.2 Å². The summed E-state index contributed by atoms with van der Waals surface area (Å²) in [5, 5.41) is 2.65. The standard InChI is InChI=1S/C17H18N2O5S/c1-11(2)24-13-4-6-14(7-5-13)25(21,22)19-12-3-8-15-16(9-12)23-10-17(20)18-15/h3-9,11,19H,10H2,1-2H3,(H,18,20). The number of sulfonamides is 1. The maximum Gasteiger partial charge on any atom is 0.262 e. The van der Waals surface area contributed by atoms with Crippen molar-refractivity contribution in [3.05, 3.63) is 42.5 Å². The smallest absolute Gasteiger partial charge is 0.262 e. The molecule has 8 heteroatoms. The third-order valence-corrected chi connectivity index (χ3v) is 4.77. The first-order valence-electron chi connectivity index (χ1n) is 7.70. The summed E-state index contributed by atoms with van der Waals surface area (Å²) in [5.41, 5.74) is 0.854. The third kappa shape index (κ3) is 4.03. The first-order valence-corrected chi connectivity index (χ1v) is 9.18.